The number of pyridine rings is 1. The molecule has 0 radical (unpaired) electrons. The molecule has 0 amide bonds. The molecule has 1 heterocycles. The fourth-order valence-electron chi connectivity index (χ4n) is 1.53. The Bertz CT molecular complexity index is 334. The number of rotatable bonds is 11. The molecule has 0 saturated carbocycles. The predicted octanol–water partition coefficient (Wildman–Crippen LogP) is 1.62. The Morgan fingerprint density at radius 1 is 1.21 bits per heavy atom. The Morgan fingerprint density at radius 3 is 2.84 bits per heavy atom. The molecule has 0 atom stereocenters. The van der Waals surface area contributed by atoms with Crippen LogP contribution in [-0.2, 0) is 16.0 Å². The normalized spacial score (nSPS) is 10.6. The summed E-state index contributed by atoms with van der Waals surface area (Å²) < 4.78 is 15.9. The average Bonchev–Trinajstić information content (AvgIpc) is 2.44. The van der Waals surface area contributed by atoms with Gasteiger partial charge in [0.15, 0.2) is 0 Å². The van der Waals surface area contributed by atoms with Crippen molar-refractivity contribution in [3.05, 3.63) is 23.9 Å². The van der Waals surface area contributed by atoms with Gasteiger partial charge in [-0.05, 0) is 19.0 Å². The molecule has 0 aromatic carbocycles. The van der Waals surface area contributed by atoms with E-state index in [-0.39, 0.29) is 0 Å². The van der Waals surface area contributed by atoms with Crippen molar-refractivity contribution >= 4 is 0 Å². The summed E-state index contributed by atoms with van der Waals surface area (Å²) in [5, 5.41) is 3.34. The molecule has 1 N–H and O–H groups in total. The first-order chi connectivity index (χ1) is 9.38. The first-order valence-electron chi connectivity index (χ1n) is 6.72. The van der Waals surface area contributed by atoms with Crippen molar-refractivity contribution in [2.24, 2.45) is 0 Å². The summed E-state index contributed by atoms with van der Waals surface area (Å²) in [6, 6.07) is 3.95. The quantitative estimate of drug-likeness (QED) is 0.618. The molecular weight excluding hydrogens is 244 g/mol. The highest BCUT2D eigenvalue weighted by Crippen LogP contribution is 2.13. The summed E-state index contributed by atoms with van der Waals surface area (Å²) in [6.07, 6.45) is 2.86. The SMILES string of the molecule is CCCNCc1cccnc1OCCOCCOC. The first kappa shape index (κ1) is 15.9. The van der Waals surface area contributed by atoms with E-state index in [2.05, 4.69) is 17.2 Å². The van der Waals surface area contributed by atoms with E-state index >= 15 is 0 Å². The lowest BCUT2D eigenvalue weighted by atomic mass is 10.2. The van der Waals surface area contributed by atoms with E-state index in [1.807, 2.05) is 12.1 Å². The maximum absolute atomic E-state index is 5.63. The molecule has 0 bridgehead atoms. The van der Waals surface area contributed by atoms with E-state index < -0.39 is 0 Å². The van der Waals surface area contributed by atoms with Crippen molar-refractivity contribution in [2.75, 3.05) is 40.1 Å². The highest BCUT2D eigenvalue weighted by atomic mass is 16.5. The zero-order chi connectivity index (χ0) is 13.8. The molecule has 19 heavy (non-hydrogen) atoms. The summed E-state index contributed by atoms with van der Waals surface area (Å²) in [6.45, 7) is 6.16. The second-order valence-corrected chi connectivity index (χ2v) is 4.10. The molecule has 0 aliphatic heterocycles. The maximum atomic E-state index is 5.63. The van der Waals surface area contributed by atoms with Crippen molar-refractivity contribution in [3.63, 3.8) is 0 Å². The lowest BCUT2D eigenvalue weighted by Gasteiger charge is -2.11. The van der Waals surface area contributed by atoms with Crippen LogP contribution in [0.2, 0.25) is 0 Å². The minimum absolute atomic E-state index is 0.501. The molecule has 5 heteroatoms. The molecule has 1 aromatic rings. The van der Waals surface area contributed by atoms with Crippen molar-refractivity contribution < 1.29 is 14.2 Å². The molecule has 0 aliphatic rings. The van der Waals surface area contributed by atoms with Gasteiger partial charge in [-0.15, -0.1) is 0 Å². The van der Waals surface area contributed by atoms with Crippen molar-refractivity contribution in [1.29, 1.82) is 0 Å². The van der Waals surface area contributed by atoms with Gasteiger partial charge in [0.25, 0.3) is 0 Å². The third-order valence-electron chi connectivity index (χ3n) is 2.49. The summed E-state index contributed by atoms with van der Waals surface area (Å²) >= 11 is 0. The molecule has 0 spiro atoms. The Hall–Kier alpha value is -1.17. The van der Waals surface area contributed by atoms with E-state index in [1.165, 1.54) is 0 Å². The third-order valence-corrected chi connectivity index (χ3v) is 2.49. The topological polar surface area (TPSA) is 52.6 Å². The molecule has 108 valence electrons. The van der Waals surface area contributed by atoms with Crippen LogP contribution in [0.5, 0.6) is 5.88 Å². The maximum Gasteiger partial charge on any atom is 0.217 e. The zero-order valence-corrected chi connectivity index (χ0v) is 11.9. The van der Waals surface area contributed by atoms with Crippen LogP contribution in [-0.4, -0.2) is 45.1 Å². The monoisotopic (exact) mass is 268 g/mol. The molecule has 0 fully saturated rings. The zero-order valence-electron chi connectivity index (χ0n) is 11.9. The Morgan fingerprint density at radius 2 is 2.05 bits per heavy atom. The minimum atomic E-state index is 0.501. The van der Waals surface area contributed by atoms with Crippen LogP contribution < -0.4 is 10.1 Å². The Balaban J connectivity index is 2.27. The van der Waals surface area contributed by atoms with Crippen LogP contribution in [0.15, 0.2) is 18.3 Å². The van der Waals surface area contributed by atoms with Crippen molar-refractivity contribution in [2.45, 2.75) is 19.9 Å². The number of aromatic nitrogens is 1. The fraction of sp³-hybridized carbons (Fsp3) is 0.643. The lowest BCUT2D eigenvalue weighted by Crippen LogP contribution is -2.16. The van der Waals surface area contributed by atoms with Gasteiger partial charge < -0.3 is 19.5 Å². The van der Waals surface area contributed by atoms with Crippen LogP contribution in [0.3, 0.4) is 0 Å². The van der Waals surface area contributed by atoms with Crippen LogP contribution in [0.1, 0.15) is 18.9 Å². The van der Waals surface area contributed by atoms with Gasteiger partial charge in [-0.1, -0.05) is 13.0 Å². The van der Waals surface area contributed by atoms with E-state index in [4.69, 9.17) is 14.2 Å². The number of methoxy groups -OCH3 is 1. The average molecular weight is 268 g/mol. The lowest BCUT2D eigenvalue weighted by molar-refractivity contribution is 0.0535. The summed E-state index contributed by atoms with van der Waals surface area (Å²) in [5.74, 6) is 0.682. The Kier molecular flexibility index (Phi) is 8.97. The molecule has 0 unspecified atom stereocenters. The first-order valence-corrected chi connectivity index (χ1v) is 6.72. The summed E-state index contributed by atoms with van der Waals surface area (Å²) in [5.41, 5.74) is 1.08. The van der Waals surface area contributed by atoms with Gasteiger partial charge in [0.2, 0.25) is 5.88 Å². The van der Waals surface area contributed by atoms with Gasteiger partial charge in [-0.3, -0.25) is 0 Å². The largest absolute Gasteiger partial charge is 0.475 e. The van der Waals surface area contributed by atoms with Crippen molar-refractivity contribution in [1.82, 2.24) is 10.3 Å². The minimum Gasteiger partial charge on any atom is -0.475 e. The Labute approximate surface area is 115 Å². The second kappa shape index (κ2) is 10.7. The van der Waals surface area contributed by atoms with Gasteiger partial charge in [0.05, 0.1) is 19.8 Å². The molecule has 0 aliphatic carbocycles. The van der Waals surface area contributed by atoms with Gasteiger partial charge in [-0.2, -0.15) is 0 Å². The highest BCUT2D eigenvalue weighted by Gasteiger charge is 2.03. The standard InChI is InChI=1S/C14H24N2O3/c1-3-6-15-12-13-5-4-7-16-14(13)19-11-10-18-9-8-17-2/h4-5,7,15H,3,6,8-12H2,1-2H3. The number of nitrogens with zero attached hydrogens (tertiary/aromatic N) is 1. The smallest absolute Gasteiger partial charge is 0.217 e. The second-order valence-electron chi connectivity index (χ2n) is 4.10. The van der Waals surface area contributed by atoms with Gasteiger partial charge in [0.1, 0.15) is 6.61 Å². The van der Waals surface area contributed by atoms with E-state index in [0.29, 0.717) is 32.3 Å². The van der Waals surface area contributed by atoms with Crippen LogP contribution in [0.4, 0.5) is 0 Å². The third kappa shape index (κ3) is 7.10. The molecular formula is C14H24N2O3. The van der Waals surface area contributed by atoms with Gasteiger partial charge in [0, 0.05) is 25.4 Å². The summed E-state index contributed by atoms with van der Waals surface area (Å²) in [4.78, 5) is 4.25. The number of nitrogens with one attached hydrogen (secondary N) is 1. The van der Waals surface area contributed by atoms with Crippen LogP contribution in [0, 0.1) is 0 Å². The summed E-state index contributed by atoms with van der Waals surface area (Å²) in [7, 11) is 1.66. The highest BCUT2D eigenvalue weighted by molar-refractivity contribution is 5.25. The number of hydrogen-bond acceptors (Lipinski definition) is 5. The fourth-order valence-corrected chi connectivity index (χ4v) is 1.53. The van der Waals surface area contributed by atoms with E-state index in [1.54, 1.807) is 13.3 Å². The number of ether oxygens (including phenoxy) is 3. The van der Waals surface area contributed by atoms with E-state index in [0.717, 1.165) is 25.1 Å². The molecule has 1 aromatic heterocycles. The van der Waals surface area contributed by atoms with Crippen LogP contribution >= 0.6 is 0 Å². The molecule has 5 nitrogen and oxygen atoms in total. The van der Waals surface area contributed by atoms with Gasteiger partial charge in [-0.25, -0.2) is 4.98 Å². The van der Waals surface area contributed by atoms with Crippen molar-refractivity contribution in [3.8, 4) is 5.88 Å². The van der Waals surface area contributed by atoms with Crippen LogP contribution in [0.25, 0.3) is 0 Å². The molecule has 1 rings (SSSR count). The molecule has 0 saturated heterocycles. The van der Waals surface area contributed by atoms with E-state index in [9.17, 15) is 0 Å². The predicted molar refractivity (Wildman–Crippen MR) is 74.4 cm³/mol. The van der Waals surface area contributed by atoms with Gasteiger partial charge >= 0.3 is 0 Å². The number of hydrogen-bond donors (Lipinski definition) is 1.